The molecule has 0 radical (unpaired) electrons. The number of furan rings is 1. The van der Waals surface area contributed by atoms with Gasteiger partial charge in [0.25, 0.3) is 5.91 Å². The third-order valence-corrected chi connectivity index (χ3v) is 2.74. The van der Waals surface area contributed by atoms with Crippen molar-refractivity contribution in [1.29, 1.82) is 0 Å². The number of amides is 1. The number of carboxylic acid groups (broad SMARTS) is 1. The van der Waals surface area contributed by atoms with Crippen LogP contribution in [0.1, 0.15) is 36.9 Å². The summed E-state index contributed by atoms with van der Waals surface area (Å²) in [6.07, 6.45) is 1.35. The van der Waals surface area contributed by atoms with E-state index in [0.29, 0.717) is 17.9 Å². The minimum Gasteiger partial charge on any atom is -0.480 e. The Balaban J connectivity index is 3.04. The van der Waals surface area contributed by atoms with Crippen LogP contribution in [0.3, 0.4) is 0 Å². The number of likely N-dealkylation sites (N-methyl/N-ethyl adjacent to an activating group) is 1. The minimum atomic E-state index is -1.24. The molecule has 0 aliphatic carbocycles. The summed E-state index contributed by atoms with van der Waals surface area (Å²) in [6, 6.07) is 1.60. The molecule has 1 aromatic heterocycles. The predicted molar refractivity (Wildman–Crippen MR) is 61.9 cm³/mol. The van der Waals surface area contributed by atoms with Gasteiger partial charge >= 0.3 is 5.97 Å². The zero-order valence-corrected chi connectivity index (χ0v) is 10.5. The summed E-state index contributed by atoms with van der Waals surface area (Å²) in [4.78, 5) is 24.6. The summed E-state index contributed by atoms with van der Waals surface area (Å²) in [7, 11) is 0. The second kappa shape index (κ2) is 4.61. The molecule has 1 N–H and O–H groups in total. The van der Waals surface area contributed by atoms with Crippen molar-refractivity contribution < 1.29 is 19.1 Å². The maximum atomic E-state index is 12.1. The summed E-state index contributed by atoms with van der Waals surface area (Å²) >= 11 is 0. The summed E-state index contributed by atoms with van der Waals surface area (Å²) in [6.45, 7) is 6.81. The van der Waals surface area contributed by atoms with E-state index in [1.165, 1.54) is 25.0 Å². The highest BCUT2D eigenvalue weighted by molar-refractivity contribution is 5.97. The fourth-order valence-corrected chi connectivity index (χ4v) is 1.62. The summed E-state index contributed by atoms with van der Waals surface area (Å²) < 4.78 is 5.06. The molecule has 94 valence electrons. The largest absolute Gasteiger partial charge is 0.480 e. The van der Waals surface area contributed by atoms with E-state index < -0.39 is 11.5 Å². The molecule has 0 aromatic carbocycles. The average molecular weight is 239 g/mol. The Morgan fingerprint density at radius 1 is 1.47 bits per heavy atom. The first-order valence-electron chi connectivity index (χ1n) is 5.41. The monoisotopic (exact) mass is 239 g/mol. The molecule has 5 nitrogen and oxygen atoms in total. The third-order valence-electron chi connectivity index (χ3n) is 2.74. The van der Waals surface area contributed by atoms with Crippen molar-refractivity contribution in [1.82, 2.24) is 4.90 Å². The number of hydrogen-bond acceptors (Lipinski definition) is 3. The molecule has 0 unspecified atom stereocenters. The zero-order chi connectivity index (χ0) is 13.2. The van der Waals surface area contributed by atoms with E-state index in [1.54, 1.807) is 19.9 Å². The van der Waals surface area contributed by atoms with Crippen LogP contribution in [-0.4, -0.2) is 34.0 Å². The molecule has 1 amide bonds. The molecule has 1 heterocycles. The van der Waals surface area contributed by atoms with Crippen LogP contribution >= 0.6 is 0 Å². The normalized spacial score (nSPS) is 11.3. The molecule has 0 spiro atoms. The summed E-state index contributed by atoms with van der Waals surface area (Å²) in [5.41, 5.74) is -0.865. The molecular formula is C12H17NO4. The molecule has 0 aliphatic rings. The van der Waals surface area contributed by atoms with Crippen molar-refractivity contribution in [2.75, 3.05) is 6.54 Å². The van der Waals surface area contributed by atoms with E-state index in [9.17, 15) is 9.59 Å². The lowest BCUT2D eigenvalue weighted by Crippen LogP contribution is -2.52. The number of rotatable bonds is 4. The van der Waals surface area contributed by atoms with Gasteiger partial charge < -0.3 is 14.4 Å². The molecule has 0 aliphatic heterocycles. The van der Waals surface area contributed by atoms with Crippen LogP contribution in [0.5, 0.6) is 0 Å². The minimum absolute atomic E-state index is 0.322. The maximum Gasteiger partial charge on any atom is 0.329 e. The molecule has 5 heteroatoms. The highest BCUT2D eigenvalue weighted by Crippen LogP contribution is 2.19. The molecule has 0 saturated carbocycles. The second-order valence-electron chi connectivity index (χ2n) is 4.36. The molecule has 0 bridgehead atoms. The van der Waals surface area contributed by atoms with Crippen LogP contribution < -0.4 is 0 Å². The standard InChI is InChI=1S/C12H17NO4/c1-5-13(12(3,4)11(15)16)10(14)9-6-8(2)17-7-9/h6-7H,5H2,1-4H3,(H,15,16). The Hall–Kier alpha value is -1.78. The number of hydrogen-bond donors (Lipinski definition) is 1. The van der Waals surface area contributed by atoms with Gasteiger partial charge in [0.1, 0.15) is 17.6 Å². The smallest absolute Gasteiger partial charge is 0.329 e. The average Bonchev–Trinajstić information content (AvgIpc) is 2.65. The first kappa shape index (κ1) is 13.3. The Bertz CT molecular complexity index is 433. The van der Waals surface area contributed by atoms with Crippen molar-refractivity contribution in [3.8, 4) is 0 Å². The first-order valence-corrected chi connectivity index (χ1v) is 5.41. The van der Waals surface area contributed by atoms with E-state index in [1.807, 2.05) is 0 Å². The Morgan fingerprint density at radius 2 is 2.06 bits per heavy atom. The van der Waals surface area contributed by atoms with Crippen molar-refractivity contribution in [2.24, 2.45) is 0 Å². The first-order chi connectivity index (χ1) is 7.80. The Morgan fingerprint density at radius 3 is 2.41 bits per heavy atom. The highest BCUT2D eigenvalue weighted by atomic mass is 16.4. The predicted octanol–water partition coefficient (Wildman–Crippen LogP) is 1.91. The number of aryl methyl sites for hydroxylation is 1. The maximum absolute atomic E-state index is 12.1. The Kier molecular flexibility index (Phi) is 3.60. The topological polar surface area (TPSA) is 70.8 Å². The highest BCUT2D eigenvalue weighted by Gasteiger charge is 2.37. The van der Waals surface area contributed by atoms with Crippen molar-refractivity contribution in [2.45, 2.75) is 33.2 Å². The van der Waals surface area contributed by atoms with Crippen LogP contribution in [0, 0.1) is 6.92 Å². The van der Waals surface area contributed by atoms with Gasteiger partial charge in [0.2, 0.25) is 0 Å². The van der Waals surface area contributed by atoms with Gasteiger partial charge in [-0.05, 0) is 33.8 Å². The van der Waals surface area contributed by atoms with Gasteiger partial charge in [0.05, 0.1) is 5.56 Å². The van der Waals surface area contributed by atoms with Gasteiger partial charge in [-0.25, -0.2) is 4.79 Å². The number of carboxylic acids is 1. The van der Waals surface area contributed by atoms with Crippen LogP contribution in [0.2, 0.25) is 0 Å². The number of carbonyl (C=O) groups excluding carboxylic acids is 1. The molecule has 0 fully saturated rings. The summed E-state index contributed by atoms with van der Waals surface area (Å²) in [5.74, 6) is -0.748. The molecule has 1 aromatic rings. The molecule has 1 rings (SSSR count). The van der Waals surface area contributed by atoms with Gasteiger partial charge in [-0.1, -0.05) is 0 Å². The van der Waals surface area contributed by atoms with Crippen molar-refractivity contribution >= 4 is 11.9 Å². The van der Waals surface area contributed by atoms with Crippen LogP contribution in [0.4, 0.5) is 0 Å². The molecule has 0 atom stereocenters. The Labute approximate surface area is 100 Å². The van der Waals surface area contributed by atoms with E-state index in [4.69, 9.17) is 9.52 Å². The zero-order valence-electron chi connectivity index (χ0n) is 10.5. The lowest BCUT2D eigenvalue weighted by molar-refractivity contribution is -0.147. The fourth-order valence-electron chi connectivity index (χ4n) is 1.62. The van der Waals surface area contributed by atoms with Crippen LogP contribution in [0.25, 0.3) is 0 Å². The van der Waals surface area contributed by atoms with E-state index in [-0.39, 0.29) is 5.91 Å². The second-order valence-corrected chi connectivity index (χ2v) is 4.36. The van der Waals surface area contributed by atoms with E-state index in [0.717, 1.165) is 0 Å². The van der Waals surface area contributed by atoms with Crippen LogP contribution in [0.15, 0.2) is 16.7 Å². The van der Waals surface area contributed by atoms with E-state index >= 15 is 0 Å². The molecular weight excluding hydrogens is 222 g/mol. The van der Waals surface area contributed by atoms with Crippen LogP contribution in [-0.2, 0) is 4.79 Å². The molecule has 17 heavy (non-hydrogen) atoms. The number of carbonyl (C=O) groups is 2. The quantitative estimate of drug-likeness (QED) is 0.871. The third kappa shape index (κ3) is 2.49. The van der Waals surface area contributed by atoms with Gasteiger partial charge in [-0.2, -0.15) is 0 Å². The SMILES string of the molecule is CCN(C(=O)c1coc(C)c1)C(C)(C)C(=O)O. The van der Waals surface area contributed by atoms with Gasteiger partial charge in [0, 0.05) is 6.54 Å². The number of nitrogens with zero attached hydrogens (tertiary/aromatic N) is 1. The van der Waals surface area contributed by atoms with E-state index in [2.05, 4.69) is 0 Å². The van der Waals surface area contributed by atoms with Gasteiger partial charge in [-0.15, -0.1) is 0 Å². The van der Waals surface area contributed by atoms with Crippen molar-refractivity contribution in [3.05, 3.63) is 23.7 Å². The van der Waals surface area contributed by atoms with Gasteiger partial charge in [0.15, 0.2) is 0 Å². The lowest BCUT2D eigenvalue weighted by atomic mass is 10.0. The molecule has 0 saturated heterocycles. The van der Waals surface area contributed by atoms with Gasteiger partial charge in [-0.3, -0.25) is 4.79 Å². The fraction of sp³-hybridized carbons (Fsp3) is 0.500. The number of aliphatic carboxylic acids is 1. The van der Waals surface area contributed by atoms with Crippen molar-refractivity contribution in [3.63, 3.8) is 0 Å². The summed E-state index contributed by atoms with van der Waals surface area (Å²) in [5, 5.41) is 9.13. The lowest BCUT2D eigenvalue weighted by Gasteiger charge is -2.33.